The number of hydrogen-bond acceptors (Lipinski definition) is 2. The predicted molar refractivity (Wildman–Crippen MR) is 51.1 cm³/mol. The second kappa shape index (κ2) is 5.52. The molecule has 0 heterocycles. The zero-order valence-electron chi connectivity index (χ0n) is 6.96. The Hall–Kier alpha value is -1.11. The van der Waals surface area contributed by atoms with Crippen molar-refractivity contribution >= 4 is 12.4 Å². The number of hydrogen-bond donors (Lipinski definition) is 1. The molecule has 0 aliphatic heterocycles. The van der Waals surface area contributed by atoms with E-state index in [0.29, 0.717) is 13.0 Å². The third-order valence-corrected chi connectivity index (χ3v) is 1.59. The van der Waals surface area contributed by atoms with Gasteiger partial charge in [0, 0.05) is 0 Å². The largest absolute Gasteiger partial charge is 0.330 e. The van der Waals surface area contributed by atoms with Gasteiger partial charge in [0.05, 0.1) is 5.56 Å². The number of benzene rings is 1. The van der Waals surface area contributed by atoms with E-state index in [-0.39, 0.29) is 18.0 Å². The van der Waals surface area contributed by atoms with E-state index in [1.807, 2.05) is 0 Å². The van der Waals surface area contributed by atoms with Crippen molar-refractivity contribution in [3.05, 3.63) is 35.1 Å². The SMILES string of the molecule is Cl.N#Cc1ccc(CCN)cc1F. The fourth-order valence-electron chi connectivity index (χ4n) is 0.971. The molecule has 70 valence electrons. The summed E-state index contributed by atoms with van der Waals surface area (Å²) in [6.07, 6.45) is 0.641. The van der Waals surface area contributed by atoms with Gasteiger partial charge in [0.25, 0.3) is 0 Å². The van der Waals surface area contributed by atoms with E-state index in [4.69, 9.17) is 11.0 Å². The van der Waals surface area contributed by atoms with Crippen molar-refractivity contribution in [1.29, 1.82) is 5.26 Å². The second-order valence-electron chi connectivity index (χ2n) is 2.46. The van der Waals surface area contributed by atoms with Crippen molar-refractivity contribution in [1.82, 2.24) is 0 Å². The quantitative estimate of drug-likeness (QED) is 0.789. The number of halogens is 2. The molecular weight excluding hydrogens is 191 g/mol. The summed E-state index contributed by atoms with van der Waals surface area (Å²) in [7, 11) is 0. The maximum absolute atomic E-state index is 12.9. The van der Waals surface area contributed by atoms with E-state index in [2.05, 4.69) is 0 Å². The molecule has 0 atom stereocenters. The summed E-state index contributed by atoms with van der Waals surface area (Å²) in [5, 5.41) is 8.42. The van der Waals surface area contributed by atoms with Gasteiger partial charge in [-0.25, -0.2) is 4.39 Å². The highest BCUT2D eigenvalue weighted by Crippen LogP contribution is 2.09. The lowest BCUT2D eigenvalue weighted by Gasteiger charge is -1.98. The van der Waals surface area contributed by atoms with Crippen LogP contribution in [0.25, 0.3) is 0 Å². The lowest BCUT2D eigenvalue weighted by molar-refractivity contribution is 0.621. The summed E-state index contributed by atoms with van der Waals surface area (Å²) >= 11 is 0. The summed E-state index contributed by atoms with van der Waals surface area (Å²) in [5.41, 5.74) is 6.20. The first-order chi connectivity index (χ1) is 5.77. The second-order valence-corrected chi connectivity index (χ2v) is 2.46. The molecule has 0 radical (unpaired) electrons. The van der Waals surface area contributed by atoms with Crippen LogP contribution in [0.2, 0.25) is 0 Å². The van der Waals surface area contributed by atoms with Crippen LogP contribution in [0.1, 0.15) is 11.1 Å². The van der Waals surface area contributed by atoms with E-state index in [0.717, 1.165) is 5.56 Å². The zero-order chi connectivity index (χ0) is 8.97. The molecule has 4 heteroatoms. The van der Waals surface area contributed by atoms with Gasteiger partial charge in [-0.3, -0.25) is 0 Å². The van der Waals surface area contributed by atoms with Crippen molar-refractivity contribution in [3.63, 3.8) is 0 Å². The average molecular weight is 201 g/mol. The highest BCUT2D eigenvalue weighted by Gasteiger charge is 2.01. The van der Waals surface area contributed by atoms with Crippen molar-refractivity contribution in [2.45, 2.75) is 6.42 Å². The Labute approximate surface area is 82.6 Å². The molecule has 0 fully saturated rings. The molecule has 0 aromatic heterocycles. The summed E-state index contributed by atoms with van der Waals surface area (Å²) in [6.45, 7) is 0.491. The third kappa shape index (κ3) is 3.02. The van der Waals surface area contributed by atoms with Crippen LogP contribution in [0.15, 0.2) is 18.2 Å². The smallest absolute Gasteiger partial charge is 0.141 e. The highest BCUT2D eigenvalue weighted by molar-refractivity contribution is 5.85. The topological polar surface area (TPSA) is 49.8 Å². The molecule has 0 amide bonds. The lowest BCUT2D eigenvalue weighted by Crippen LogP contribution is -2.03. The van der Waals surface area contributed by atoms with Gasteiger partial charge in [-0.05, 0) is 30.7 Å². The fraction of sp³-hybridized carbons (Fsp3) is 0.222. The van der Waals surface area contributed by atoms with Crippen molar-refractivity contribution < 1.29 is 4.39 Å². The van der Waals surface area contributed by atoms with Gasteiger partial charge in [0.15, 0.2) is 0 Å². The third-order valence-electron chi connectivity index (χ3n) is 1.59. The maximum Gasteiger partial charge on any atom is 0.141 e. The molecule has 1 aromatic carbocycles. The van der Waals surface area contributed by atoms with Crippen LogP contribution in [0, 0.1) is 17.1 Å². The lowest BCUT2D eigenvalue weighted by atomic mass is 10.1. The van der Waals surface area contributed by atoms with Crippen molar-refractivity contribution in [2.75, 3.05) is 6.54 Å². The van der Waals surface area contributed by atoms with Crippen LogP contribution in [0.4, 0.5) is 4.39 Å². The normalized spacial score (nSPS) is 8.69. The van der Waals surface area contributed by atoms with Gasteiger partial charge in [0.1, 0.15) is 11.9 Å². The van der Waals surface area contributed by atoms with E-state index < -0.39 is 5.82 Å². The van der Waals surface area contributed by atoms with Gasteiger partial charge in [-0.2, -0.15) is 5.26 Å². The summed E-state index contributed by atoms with van der Waals surface area (Å²) < 4.78 is 12.9. The molecule has 1 rings (SSSR count). The molecule has 1 aromatic rings. The monoisotopic (exact) mass is 200 g/mol. The van der Waals surface area contributed by atoms with Gasteiger partial charge < -0.3 is 5.73 Å². The van der Waals surface area contributed by atoms with Gasteiger partial charge in [-0.15, -0.1) is 12.4 Å². The molecule has 13 heavy (non-hydrogen) atoms. The molecule has 0 spiro atoms. The van der Waals surface area contributed by atoms with E-state index in [9.17, 15) is 4.39 Å². The molecule has 0 aliphatic rings. The zero-order valence-corrected chi connectivity index (χ0v) is 7.77. The minimum atomic E-state index is -0.469. The van der Waals surface area contributed by atoms with Crippen molar-refractivity contribution in [2.24, 2.45) is 5.73 Å². The van der Waals surface area contributed by atoms with Crippen LogP contribution in [-0.4, -0.2) is 6.54 Å². The van der Waals surface area contributed by atoms with E-state index in [1.54, 1.807) is 12.1 Å². The minimum absolute atomic E-state index is 0. The van der Waals surface area contributed by atoms with E-state index >= 15 is 0 Å². The van der Waals surface area contributed by atoms with Crippen LogP contribution < -0.4 is 5.73 Å². The Morgan fingerprint density at radius 3 is 2.62 bits per heavy atom. The summed E-state index contributed by atoms with van der Waals surface area (Å²) in [6, 6.07) is 6.30. The van der Waals surface area contributed by atoms with Crippen LogP contribution in [0.3, 0.4) is 0 Å². The first-order valence-corrected chi connectivity index (χ1v) is 3.66. The maximum atomic E-state index is 12.9. The molecule has 2 N–H and O–H groups in total. The van der Waals surface area contributed by atoms with Crippen LogP contribution in [0.5, 0.6) is 0 Å². The van der Waals surface area contributed by atoms with Gasteiger partial charge >= 0.3 is 0 Å². The summed E-state index contributed by atoms with van der Waals surface area (Å²) in [4.78, 5) is 0. The number of nitrogens with zero attached hydrogens (tertiary/aromatic N) is 1. The number of nitrogens with two attached hydrogens (primary N) is 1. The first kappa shape index (κ1) is 11.9. The van der Waals surface area contributed by atoms with Gasteiger partial charge in [-0.1, -0.05) is 6.07 Å². The fourth-order valence-corrected chi connectivity index (χ4v) is 0.971. The molecule has 0 saturated carbocycles. The average Bonchev–Trinajstić information content (AvgIpc) is 2.05. The van der Waals surface area contributed by atoms with E-state index in [1.165, 1.54) is 12.1 Å². The Balaban J connectivity index is 0.00000144. The van der Waals surface area contributed by atoms with Gasteiger partial charge in [0.2, 0.25) is 0 Å². The minimum Gasteiger partial charge on any atom is -0.330 e. The number of nitriles is 1. The Bertz CT molecular complexity index is 320. The Kier molecular flexibility index (Phi) is 5.05. The molecule has 0 aliphatic carbocycles. The molecule has 0 bridgehead atoms. The standard InChI is InChI=1S/C9H9FN2.ClH/c10-9-5-7(3-4-11)1-2-8(9)6-12;/h1-2,5H,3-4,11H2;1H. The highest BCUT2D eigenvalue weighted by atomic mass is 35.5. The molecule has 0 saturated heterocycles. The molecule has 2 nitrogen and oxygen atoms in total. The van der Waals surface area contributed by atoms with Crippen LogP contribution in [-0.2, 0) is 6.42 Å². The number of rotatable bonds is 2. The Morgan fingerprint density at radius 2 is 2.15 bits per heavy atom. The molecular formula is C9H10ClFN2. The van der Waals surface area contributed by atoms with Crippen molar-refractivity contribution in [3.8, 4) is 6.07 Å². The summed E-state index contributed by atoms with van der Waals surface area (Å²) in [5.74, 6) is -0.469. The predicted octanol–water partition coefficient (Wildman–Crippen LogP) is 1.62. The molecule has 0 unspecified atom stereocenters. The van der Waals surface area contributed by atoms with Crippen LogP contribution >= 0.6 is 12.4 Å². The first-order valence-electron chi connectivity index (χ1n) is 3.66. The Morgan fingerprint density at radius 1 is 1.46 bits per heavy atom.